The number of fused-ring (bicyclic) bond motifs is 1. The van der Waals surface area contributed by atoms with Crippen LogP contribution in [0.25, 0.3) is 6.08 Å². The second kappa shape index (κ2) is 7.25. The molecule has 1 aliphatic rings. The molecule has 130 valence electrons. The summed E-state index contributed by atoms with van der Waals surface area (Å²) in [7, 11) is 0. The number of nitro benzene ring substituents is 1. The molecular weight excluding hydrogens is 406 g/mol. The first kappa shape index (κ1) is 17.4. The van der Waals surface area contributed by atoms with Crippen molar-refractivity contribution in [2.24, 2.45) is 0 Å². The average Bonchev–Trinajstić information content (AvgIpc) is 3.08. The number of carbonyl (C=O) groups is 1. The van der Waals surface area contributed by atoms with Gasteiger partial charge in [0, 0.05) is 10.2 Å². The summed E-state index contributed by atoms with van der Waals surface area (Å²) in [5, 5.41) is 23.1. The zero-order valence-electron chi connectivity index (χ0n) is 13.1. The van der Waals surface area contributed by atoms with Crippen molar-refractivity contribution >= 4 is 39.3 Å². The normalized spacial score (nSPS) is 12.4. The molecule has 2 aromatic carbocycles. The van der Waals surface area contributed by atoms with Crippen molar-refractivity contribution in [1.29, 1.82) is 5.26 Å². The summed E-state index contributed by atoms with van der Waals surface area (Å²) in [4.78, 5) is 23.0. The van der Waals surface area contributed by atoms with Gasteiger partial charge in [0.15, 0.2) is 11.5 Å². The molecule has 0 bridgehead atoms. The van der Waals surface area contributed by atoms with E-state index in [4.69, 9.17) is 9.47 Å². The second-order valence-electron chi connectivity index (χ2n) is 5.15. The van der Waals surface area contributed by atoms with Gasteiger partial charge in [-0.05, 0) is 36.4 Å². The molecule has 9 heteroatoms. The summed E-state index contributed by atoms with van der Waals surface area (Å²) >= 11 is 3.28. The lowest BCUT2D eigenvalue weighted by molar-refractivity contribution is -0.385. The van der Waals surface area contributed by atoms with E-state index in [1.54, 1.807) is 30.3 Å². The highest BCUT2D eigenvalue weighted by Gasteiger charge is 2.23. The van der Waals surface area contributed by atoms with Crippen molar-refractivity contribution < 1.29 is 19.2 Å². The second-order valence-corrected chi connectivity index (χ2v) is 6.07. The van der Waals surface area contributed by atoms with E-state index >= 15 is 0 Å². The van der Waals surface area contributed by atoms with E-state index in [2.05, 4.69) is 21.2 Å². The van der Waals surface area contributed by atoms with Crippen LogP contribution in [-0.4, -0.2) is 17.6 Å². The maximum Gasteiger partial charge on any atom is 0.280 e. The van der Waals surface area contributed by atoms with Gasteiger partial charge in [0.25, 0.3) is 11.6 Å². The predicted molar refractivity (Wildman–Crippen MR) is 95.6 cm³/mol. The molecule has 1 heterocycles. The van der Waals surface area contributed by atoms with Gasteiger partial charge in [0.2, 0.25) is 6.79 Å². The maximum absolute atomic E-state index is 12.3. The highest BCUT2D eigenvalue weighted by molar-refractivity contribution is 9.10. The zero-order chi connectivity index (χ0) is 18.7. The zero-order valence-corrected chi connectivity index (χ0v) is 14.6. The van der Waals surface area contributed by atoms with Gasteiger partial charge in [-0.15, -0.1) is 0 Å². The lowest BCUT2D eigenvalue weighted by atomic mass is 10.1. The van der Waals surface area contributed by atoms with Gasteiger partial charge in [-0.3, -0.25) is 14.9 Å². The molecule has 0 saturated carbocycles. The van der Waals surface area contributed by atoms with Crippen molar-refractivity contribution in [3.63, 3.8) is 0 Å². The van der Waals surface area contributed by atoms with Crippen LogP contribution in [0, 0.1) is 21.4 Å². The van der Waals surface area contributed by atoms with E-state index < -0.39 is 10.8 Å². The molecule has 0 atom stereocenters. The maximum atomic E-state index is 12.3. The number of amides is 1. The van der Waals surface area contributed by atoms with Gasteiger partial charge in [-0.25, -0.2) is 0 Å². The SMILES string of the molecule is N#C/C(=C/c1cc2c(cc1[N+](=O)[O-])OCO2)C(=O)Nc1ccc(Br)cc1. The van der Waals surface area contributed by atoms with E-state index in [0.717, 1.165) is 10.5 Å². The van der Waals surface area contributed by atoms with Crippen molar-refractivity contribution in [2.45, 2.75) is 0 Å². The van der Waals surface area contributed by atoms with Crippen LogP contribution in [0.4, 0.5) is 11.4 Å². The summed E-state index contributed by atoms with van der Waals surface area (Å²) in [5.74, 6) is -0.124. The Morgan fingerprint density at radius 1 is 1.27 bits per heavy atom. The molecule has 26 heavy (non-hydrogen) atoms. The number of hydrogen-bond donors (Lipinski definition) is 1. The number of nitriles is 1. The highest BCUT2D eigenvalue weighted by Crippen LogP contribution is 2.38. The number of nitrogens with one attached hydrogen (secondary N) is 1. The summed E-state index contributed by atoms with van der Waals surface area (Å²) in [6, 6.07) is 11.1. The quantitative estimate of drug-likeness (QED) is 0.352. The van der Waals surface area contributed by atoms with E-state index in [0.29, 0.717) is 11.4 Å². The van der Waals surface area contributed by atoms with Crippen molar-refractivity contribution in [3.05, 3.63) is 62.1 Å². The Morgan fingerprint density at radius 2 is 1.92 bits per heavy atom. The summed E-state index contributed by atoms with van der Waals surface area (Å²) in [6.07, 6.45) is 1.15. The molecule has 2 aromatic rings. The summed E-state index contributed by atoms with van der Waals surface area (Å²) < 4.78 is 11.1. The molecule has 0 aromatic heterocycles. The number of rotatable bonds is 4. The molecule has 1 amide bonds. The van der Waals surface area contributed by atoms with E-state index in [1.165, 1.54) is 12.1 Å². The number of nitrogens with zero attached hydrogens (tertiary/aromatic N) is 2. The fraction of sp³-hybridized carbons (Fsp3) is 0.0588. The van der Waals surface area contributed by atoms with Crippen molar-refractivity contribution in [3.8, 4) is 17.6 Å². The number of anilines is 1. The topological polar surface area (TPSA) is 114 Å². The van der Waals surface area contributed by atoms with Crippen LogP contribution >= 0.6 is 15.9 Å². The van der Waals surface area contributed by atoms with Crippen molar-refractivity contribution in [2.75, 3.05) is 12.1 Å². The van der Waals surface area contributed by atoms with Gasteiger partial charge >= 0.3 is 0 Å². The molecule has 0 spiro atoms. The molecule has 0 unspecified atom stereocenters. The standard InChI is InChI=1S/C17H10BrN3O5/c18-12-1-3-13(4-2-12)20-17(22)11(8-19)5-10-6-15-16(26-9-25-15)7-14(10)21(23)24/h1-7H,9H2,(H,20,22)/b11-5-. The van der Waals surface area contributed by atoms with Crippen LogP contribution in [0.15, 0.2) is 46.4 Å². The van der Waals surface area contributed by atoms with Crippen LogP contribution in [0.1, 0.15) is 5.56 Å². The summed E-state index contributed by atoms with van der Waals surface area (Å²) in [6.45, 7) is -0.0468. The molecule has 1 N–H and O–H groups in total. The number of carbonyl (C=O) groups excluding carboxylic acids is 1. The minimum absolute atomic E-state index is 0.0468. The van der Waals surface area contributed by atoms with Gasteiger partial charge in [-0.1, -0.05) is 15.9 Å². The first-order valence-electron chi connectivity index (χ1n) is 7.24. The van der Waals surface area contributed by atoms with Crippen LogP contribution < -0.4 is 14.8 Å². The Morgan fingerprint density at radius 3 is 2.54 bits per heavy atom. The van der Waals surface area contributed by atoms with Crippen molar-refractivity contribution in [1.82, 2.24) is 0 Å². The molecule has 0 aliphatic carbocycles. The Balaban J connectivity index is 1.93. The van der Waals surface area contributed by atoms with E-state index in [9.17, 15) is 20.2 Å². The lowest BCUT2D eigenvalue weighted by Gasteiger charge is -2.05. The minimum Gasteiger partial charge on any atom is -0.454 e. The number of halogens is 1. The first-order valence-corrected chi connectivity index (χ1v) is 8.04. The lowest BCUT2D eigenvalue weighted by Crippen LogP contribution is -2.13. The Kier molecular flexibility index (Phi) is 4.86. The van der Waals surface area contributed by atoms with Crippen LogP contribution in [0.5, 0.6) is 11.5 Å². The molecule has 0 fully saturated rings. The monoisotopic (exact) mass is 415 g/mol. The minimum atomic E-state index is -0.679. The predicted octanol–water partition coefficient (Wildman–Crippen LogP) is 3.63. The first-order chi connectivity index (χ1) is 12.5. The van der Waals surface area contributed by atoms with Gasteiger partial charge < -0.3 is 14.8 Å². The molecule has 0 radical (unpaired) electrons. The number of ether oxygens (including phenoxy) is 2. The van der Waals surface area contributed by atoms with Crippen LogP contribution in [-0.2, 0) is 4.79 Å². The van der Waals surface area contributed by atoms with E-state index in [-0.39, 0.29) is 29.4 Å². The molecule has 1 aliphatic heterocycles. The molecule has 3 rings (SSSR count). The number of nitro groups is 1. The third-order valence-electron chi connectivity index (χ3n) is 3.49. The van der Waals surface area contributed by atoms with Gasteiger partial charge in [-0.2, -0.15) is 5.26 Å². The van der Waals surface area contributed by atoms with E-state index in [1.807, 2.05) is 0 Å². The highest BCUT2D eigenvalue weighted by atomic mass is 79.9. The number of hydrogen-bond acceptors (Lipinski definition) is 6. The smallest absolute Gasteiger partial charge is 0.280 e. The summed E-state index contributed by atoms with van der Waals surface area (Å²) in [5.41, 5.74) is -0.0189. The van der Waals surface area contributed by atoms with Gasteiger partial charge in [0.05, 0.1) is 16.6 Å². The molecular formula is C17H10BrN3O5. The largest absolute Gasteiger partial charge is 0.454 e. The average molecular weight is 416 g/mol. The fourth-order valence-electron chi connectivity index (χ4n) is 2.26. The third-order valence-corrected chi connectivity index (χ3v) is 4.01. The van der Waals surface area contributed by atoms with Crippen LogP contribution in [0.2, 0.25) is 0 Å². The third kappa shape index (κ3) is 3.65. The Bertz CT molecular complexity index is 964. The molecule has 8 nitrogen and oxygen atoms in total. The number of benzene rings is 2. The Labute approximate surface area is 155 Å². The van der Waals surface area contributed by atoms with Gasteiger partial charge in [0.1, 0.15) is 11.6 Å². The molecule has 0 saturated heterocycles. The Hall–Kier alpha value is -3.38. The fourth-order valence-corrected chi connectivity index (χ4v) is 2.52. The van der Waals surface area contributed by atoms with Crippen LogP contribution in [0.3, 0.4) is 0 Å².